The predicted molar refractivity (Wildman–Crippen MR) is 98.0 cm³/mol. The Morgan fingerprint density at radius 3 is 2.52 bits per heavy atom. The molecule has 0 atom stereocenters. The van der Waals surface area contributed by atoms with Crippen molar-refractivity contribution in [2.75, 3.05) is 12.0 Å². The summed E-state index contributed by atoms with van der Waals surface area (Å²) in [5, 5.41) is 14.0. The summed E-state index contributed by atoms with van der Waals surface area (Å²) < 4.78 is 5.32. The summed E-state index contributed by atoms with van der Waals surface area (Å²) in [5.74, 6) is 1.09. The Labute approximate surface area is 145 Å². The maximum Gasteiger partial charge on any atom is 0.243 e. The molecule has 0 bridgehead atoms. The minimum Gasteiger partial charge on any atom is -0.507 e. The smallest absolute Gasteiger partial charge is 0.243 e. The van der Waals surface area contributed by atoms with Gasteiger partial charge in [0, 0.05) is 29.6 Å². The molecule has 1 heterocycles. The Morgan fingerprint density at radius 1 is 1.08 bits per heavy atom. The summed E-state index contributed by atoms with van der Waals surface area (Å²) in [5.41, 5.74) is 5.29. The van der Waals surface area contributed by atoms with Gasteiger partial charge in [-0.2, -0.15) is 5.10 Å². The normalized spacial score (nSPS) is 10.8. The number of aromatic nitrogens is 2. The van der Waals surface area contributed by atoms with E-state index < -0.39 is 0 Å². The van der Waals surface area contributed by atoms with E-state index in [2.05, 4.69) is 20.5 Å². The quantitative estimate of drug-likeness (QED) is 0.531. The molecular formula is C19H18N4O2. The first-order chi connectivity index (χ1) is 12.3. The van der Waals surface area contributed by atoms with Crippen molar-refractivity contribution in [3.05, 3.63) is 66.5 Å². The van der Waals surface area contributed by atoms with E-state index in [1.54, 1.807) is 30.6 Å². The van der Waals surface area contributed by atoms with Crippen LogP contribution in [0.15, 0.2) is 66.0 Å². The van der Waals surface area contributed by atoms with Crippen LogP contribution in [0.1, 0.15) is 12.5 Å². The number of aromatic hydroxyl groups is 1. The first-order valence-electron chi connectivity index (χ1n) is 7.88. The van der Waals surface area contributed by atoms with Gasteiger partial charge in [0.25, 0.3) is 0 Å². The van der Waals surface area contributed by atoms with Gasteiger partial charge in [0.1, 0.15) is 11.5 Å². The lowest BCUT2D eigenvalue weighted by Crippen LogP contribution is -1.97. The van der Waals surface area contributed by atoms with E-state index in [1.807, 2.05) is 37.3 Å². The summed E-state index contributed by atoms with van der Waals surface area (Å²) in [6.45, 7) is 2.43. The molecule has 2 N–H and O–H groups in total. The highest BCUT2D eigenvalue weighted by Gasteiger charge is 2.02. The van der Waals surface area contributed by atoms with Crippen LogP contribution in [0.25, 0.3) is 11.1 Å². The summed E-state index contributed by atoms with van der Waals surface area (Å²) in [6, 6.07) is 14.9. The van der Waals surface area contributed by atoms with Crippen molar-refractivity contribution in [2.45, 2.75) is 6.92 Å². The molecule has 0 saturated heterocycles. The molecule has 0 amide bonds. The number of phenols is 1. The molecule has 25 heavy (non-hydrogen) atoms. The Morgan fingerprint density at radius 2 is 1.84 bits per heavy atom. The van der Waals surface area contributed by atoms with E-state index in [0.29, 0.717) is 23.9 Å². The van der Waals surface area contributed by atoms with E-state index in [9.17, 15) is 5.11 Å². The van der Waals surface area contributed by atoms with Gasteiger partial charge in [0.2, 0.25) is 5.95 Å². The fourth-order valence-electron chi connectivity index (χ4n) is 2.21. The van der Waals surface area contributed by atoms with Gasteiger partial charge in [0.15, 0.2) is 0 Å². The highest BCUT2D eigenvalue weighted by Crippen LogP contribution is 2.22. The van der Waals surface area contributed by atoms with Crippen LogP contribution in [0.5, 0.6) is 11.5 Å². The molecule has 126 valence electrons. The molecule has 0 radical (unpaired) electrons. The average molecular weight is 334 g/mol. The summed E-state index contributed by atoms with van der Waals surface area (Å²) in [6.07, 6.45) is 4.96. The summed E-state index contributed by atoms with van der Waals surface area (Å²) in [7, 11) is 0. The first kappa shape index (κ1) is 16.4. The van der Waals surface area contributed by atoms with Crippen molar-refractivity contribution in [3.63, 3.8) is 0 Å². The average Bonchev–Trinajstić information content (AvgIpc) is 2.65. The lowest BCUT2D eigenvalue weighted by atomic mass is 10.1. The number of ether oxygens (including phenoxy) is 1. The number of anilines is 1. The van der Waals surface area contributed by atoms with Crippen molar-refractivity contribution in [1.82, 2.24) is 9.97 Å². The SMILES string of the molecule is CCOc1ccc(/C=N\Nc2ncc(-c3ccccc3)cn2)c(O)c1. The largest absolute Gasteiger partial charge is 0.507 e. The third kappa shape index (κ3) is 4.32. The molecule has 0 spiro atoms. The number of phenolic OH excluding ortho intramolecular Hbond substituents is 1. The van der Waals surface area contributed by atoms with Crippen LogP contribution in [0.3, 0.4) is 0 Å². The van der Waals surface area contributed by atoms with Crippen molar-refractivity contribution in [3.8, 4) is 22.6 Å². The lowest BCUT2D eigenvalue weighted by Gasteiger charge is -2.05. The molecule has 2 aromatic carbocycles. The highest BCUT2D eigenvalue weighted by molar-refractivity contribution is 5.84. The minimum absolute atomic E-state index is 0.0943. The van der Waals surface area contributed by atoms with Crippen LogP contribution in [0, 0.1) is 0 Å². The second-order valence-electron chi connectivity index (χ2n) is 5.19. The Kier molecular flexibility index (Phi) is 5.21. The number of hydrogen-bond donors (Lipinski definition) is 2. The monoisotopic (exact) mass is 334 g/mol. The van der Waals surface area contributed by atoms with E-state index >= 15 is 0 Å². The van der Waals surface area contributed by atoms with Crippen LogP contribution < -0.4 is 10.2 Å². The molecule has 3 rings (SSSR count). The van der Waals surface area contributed by atoms with Crippen LogP contribution in [0.2, 0.25) is 0 Å². The Balaban J connectivity index is 1.64. The molecule has 0 unspecified atom stereocenters. The van der Waals surface area contributed by atoms with Crippen LogP contribution >= 0.6 is 0 Å². The molecule has 0 aliphatic carbocycles. The maximum atomic E-state index is 9.95. The van der Waals surface area contributed by atoms with Crippen LogP contribution in [0.4, 0.5) is 5.95 Å². The number of hydrazone groups is 1. The van der Waals surface area contributed by atoms with E-state index in [1.165, 1.54) is 6.21 Å². The fourth-order valence-corrected chi connectivity index (χ4v) is 2.21. The van der Waals surface area contributed by atoms with Crippen molar-refractivity contribution < 1.29 is 9.84 Å². The number of benzene rings is 2. The first-order valence-corrected chi connectivity index (χ1v) is 7.88. The van der Waals surface area contributed by atoms with Gasteiger partial charge >= 0.3 is 0 Å². The van der Waals surface area contributed by atoms with Gasteiger partial charge in [-0.05, 0) is 24.6 Å². The van der Waals surface area contributed by atoms with Gasteiger partial charge in [-0.3, -0.25) is 0 Å². The Bertz CT molecular complexity index is 849. The molecular weight excluding hydrogens is 316 g/mol. The zero-order valence-corrected chi connectivity index (χ0v) is 13.8. The van der Waals surface area contributed by atoms with Gasteiger partial charge in [-0.1, -0.05) is 30.3 Å². The fraction of sp³-hybridized carbons (Fsp3) is 0.105. The zero-order chi connectivity index (χ0) is 17.5. The van der Waals surface area contributed by atoms with Gasteiger partial charge in [-0.25, -0.2) is 15.4 Å². The zero-order valence-electron chi connectivity index (χ0n) is 13.8. The molecule has 0 saturated carbocycles. The third-order valence-electron chi connectivity index (χ3n) is 3.44. The molecule has 3 aromatic rings. The standard InChI is InChI=1S/C19H18N4O2/c1-2-25-17-9-8-15(18(24)10-17)13-22-23-19-20-11-16(12-21-19)14-6-4-3-5-7-14/h3-13,24H,2H2,1H3,(H,20,21,23)/b22-13-. The molecule has 6 nitrogen and oxygen atoms in total. The molecule has 1 aromatic heterocycles. The highest BCUT2D eigenvalue weighted by atomic mass is 16.5. The topological polar surface area (TPSA) is 79.6 Å². The van der Waals surface area contributed by atoms with Gasteiger partial charge in [0.05, 0.1) is 12.8 Å². The number of hydrogen-bond acceptors (Lipinski definition) is 6. The second-order valence-corrected chi connectivity index (χ2v) is 5.19. The molecule has 0 aliphatic heterocycles. The maximum absolute atomic E-state index is 9.95. The lowest BCUT2D eigenvalue weighted by molar-refractivity contribution is 0.337. The number of nitrogens with zero attached hydrogens (tertiary/aromatic N) is 3. The summed E-state index contributed by atoms with van der Waals surface area (Å²) in [4.78, 5) is 8.46. The van der Waals surface area contributed by atoms with Gasteiger partial charge < -0.3 is 9.84 Å². The van der Waals surface area contributed by atoms with E-state index in [0.717, 1.165) is 11.1 Å². The van der Waals surface area contributed by atoms with Gasteiger partial charge in [-0.15, -0.1) is 0 Å². The minimum atomic E-state index is 0.0943. The molecule has 0 aliphatic rings. The van der Waals surface area contributed by atoms with Crippen LogP contribution in [-0.2, 0) is 0 Å². The number of rotatable bonds is 6. The van der Waals surface area contributed by atoms with E-state index in [-0.39, 0.29) is 5.75 Å². The molecule has 6 heteroatoms. The van der Waals surface area contributed by atoms with Crippen molar-refractivity contribution in [1.29, 1.82) is 0 Å². The van der Waals surface area contributed by atoms with Crippen molar-refractivity contribution in [2.24, 2.45) is 5.10 Å². The van der Waals surface area contributed by atoms with E-state index in [4.69, 9.17) is 4.74 Å². The summed E-state index contributed by atoms with van der Waals surface area (Å²) >= 11 is 0. The third-order valence-corrected chi connectivity index (χ3v) is 3.44. The number of nitrogens with one attached hydrogen (secondary N) is 1. The van der Waals surface area contributed by atoms with Crippen LogP contribution in [-0.4, -0.2) is 27.9 Å². The molecule has 0 fully saturated rings. The second kappa shape index (κ2) is 7.92. The predicted octanol–water partition coefficient (Wildman–Crippen LogP) is 3.69. The Hall–Kier alpha value is -3.41. The van der Waals surface area contributed by atoms with Crippen molar-refractivity contribution >= 4 is 12.2 Å².